The molecule has 0 aliphatic carbocycles. The fourth-order valence-corrected chi connectivity index (χ4v) is 2.05. The summed E-state index contributed by atoms with van der Waals surface area (Å²) in [4.78, 5) is 0. The van der Waals surface area contributed by atoms with E-state index in [1.807, 2.05) is 43.3 Å². The zero-order valence-corrected chi connectivity index (χ0v) is 11.3. The molecule has 2 N–H and O–H groups in total. The van der Waals surface area contributed by atoms with E-state index >= 15 is 0 Å². The van der Waals surface area contributed by atoms with Crippen molar-refractivity contribution >= 4 is 10.8 Å². The van der Waals surface area contributed by atoms with Crippen LogP contribution < -0.4 is 4.74 Å². The van der Waals surface area contributed by atoms with Crippen molar-refractivity contribution in [3.05, 3.63) is 42.0 Å². The van der Waals surface area contributed by atoms with Gasteiger partial charge in [-0.25, -0.2) is 0 Å². The molecule has 0 amide bonds. The fourth-order valence-electron chi connectivity index (χ4n) is 2.05. The van der Waals surface area contributed by atoms with Crippen LogP contribution in [0.5, 0.6) is 5.75 Å². The first-order valence-corrected chi connectivity index (χ1v) is 6.64. The Kier molecular flexibility index (Phi) is 4.40. The number of aliphatic hydroxyl groups is 2. The maximum absolute atomic E-state index is 9.84. The molecule has 19 heavy (non-hydrogen) atoms. The minimum atomic E-state index is -0.599. The Labute approximate surface area is 113 Å². The van der Waals surface area contributed by atoms with Crippen LogP contribution >= 0.6 is 0 Å². The average molecular weight is 260 g/mol. The van der Waals surface area contributed by atoms with Crippen molar-refractivity contribution in [1.82, 2.24) is 0 Å². The first kappa shape index (κ1) is 13.8. The summed E-state index contributed by atoms with van der Waals surface area (Å²) < 4.78 is 5.75. The maximum Gasteiger partial charge on any atom is 0.133 e. The molecule has 0 heterocycles. The van der Waals surface area contributed by atoms with Crippen LogP contribution in [0.4, 0.5) is 0 Å². The van der Waals surface area contributed by atoms with Gasteiger partial charge in [-0.3, -0.25) is 0 Å². The Balaban J connectivity index is 2.43. The van der Waals surface area contributed by atoms with E-state index in [-0.39, 0.29) is 6.61 Å². The highest BCUT2D eigenvalue weighted by atomic mass is 16.5. The van der Waals surface area contributed by atoms with Gasteiger partial charge in [-0.1, -0.05) is 43.3 Å². The van der Waals surface area contributed by atoms with Gasteiger partial charge < -0.3 is 14.9 Å². The first-order chi connectivity index (χ1) is 9.13. The molecule has 2 aromatic carbocycles. The van der Waals surface area contributed by atoms with Crippen molar-refractivity contribution in [2.75, 3.05) is 6.61 Å². The third kappa shape index (κ3) is 3.06. The summed E-state index contributed by atoms with van der Waals surface area (Å²) in [5, 5.41) is 21.5. The standard InChI is InChI=1S/C16H20O3/c1-3-13(18)10-19-16-14(11(2)17)9-8-12-6-4-5-7-15(12)16/h4-9,11,13,17-18H,3,10H2,1-2H3/t11-,13?/m1/s1. The van der Waals surface area contributed by atoms with Gasteiger partial charge in [0.25, 0.3) is 0 Å². The minimum absolute atomic E-state index is 0.240. The van der Waals surface area contributed by atoms with Crippen molar-refractivity contribution < 1.29 is 14.9 Å². The monoisotopic (exact) mass is 260 g/mol. The summed E-state index contributed by atoms with van der Waals surface area (Å²) in [6, 6.07) is 11.7. The highest BCUT2D eigenvalue weighted by Gasteiger charge is 2.14. The highest BCUT2D eigenvalue weighted by Crippen LogP contribution is 2.33. The Morgan fingerprint density at radius 1 is 1.11 bits per heavy atom. The summed E-state index contributed by atoms with van der Waals surface area (Å²) in [7, 11) is 0. The molecular weight excluding hydrogens is 240 g/mol. The number of hydrogen-bond acceptors (Lipinski definition) is 3. The molecule has 3 nitrogen and oxygen atoms in total. The number of hydrogen-bond donors (Lipinski definition) is 2. The predicted octanol–water partition coefficient (Wildman–Crippen LogP) is 3.04. The van der Waals surface area contributed by atoms with Crippen molar-refractivity contribution in [3.63, 3.8) is 0 Å². The van der Waals surface area contributed by atoms with Gasteiger partial charge in [0.05, 0.1) is 12.2 Å². The Morgan fingerprint density at radius 2 is 1.84 bits per heavy atom. The minimum Gasteiger partial charge on any atom is -0.490 e. The van der Waals surface area contributed by atoms with E-state index in [0.29, 0.717) is 12.2 Å². The molecule has 2 aromatic rings. The number of aliphatic hydroxyl groups excluding tert-OH is 2. The molecular formula is C16H20O3. The Bertz CT molecular complexity index is 549. The van der Waals surface area contributed by atoms with E-state index in [2.05, 4.69) is 0 Å². The number of rotatable bonds is 5. The third-order valence-corrected chi connectivity index (χ3v) is 3.25. The second kappa shape index (κ2) is 6.04. The lowest BCUT2D eigenvalue weighted by Crippen LogP contribution is -2.17. The summed E-state index contributed by atoms with van der Waals surface area (Å²) in [5.74, 6) is 0.667. The molecule has 2 atom stereocenters. The van der Waals surface area contributed by atoms with E-state index in [1.165, 1.54) is 0 Å². The van der Waals surface area contributed by atoms with Gasteiger partial charge >= 0.3 is 0 Å². The summed E-state index contributed by atoms with van der Waals surface area (Å²) in [6.07, 6.45) is -0.436. The van der Waals surface area contributed by atoms with Crippen molar-refractivity contribution in [1.29, 1.82) is 0 Å². The molecule has 0 bridgehead atoms. The molecule has 0 fully saturated rings. The van der Waals surface area contributed by atoms with E-state index in [4.69, 9.17) is 4.74 Å². The van der Waals surface area contributed by atoms with Crippen molar-refractivity contribution in [2.45, 2.75) is 32.5 Å². The van der Waals surface area contributed by atoms with Gasteiger partial charge in [-0.2, -0.15) is 0 Å². The molecule has 0 saturated heterocycles. The van der Waals surface area contributed by atoms with Crippen LogP contribution in [0, 0.1) is 0 Å². The number of benzene rings is 2. The van der Waals surface area contributed by atoms with Crippen LogP contribution in [-0.4, -0.2) is 22.9 Å². The van der Waals surface area contributed by atoms with Gasteiger partial charge in [0.15, 0.2) is 0 Å². The smallest absolute Gasteiger partial charge is 0.133 e. The van der Waals surface area contributed by atoms with Crippen LogP contribution in [0.25, 0.3) is 10.8 Å². The molecule has 0 saturated carbocycles. The van der Waals surface area contributed by atoms with Gasteiger partial charge in [-0.15, -0.1) is 0 Å². The van der Waals surface area contributed by atoms with Crippen LogP contribution in [0.1, 0.15) is 31.9 Å². The maximum atomic E-state index is 9.84. The van der Waals surface area contributed by atoms with Crippen LogP contribution in [0.15, 0.2) is 36.4 Å². The molecule has 102 valence electrons. The van der Waals surface area contributed by atoms with Crippen LogP contribution in [0.3, 0.4) is 0 Å². The summed E-state index contributed by atoms with van der Waals surface area (Å²) in [5.41, 5.74) is 0.752. The predicted molar refractivity (Wildman–Crippen MR) is 76.4 cm³/mol. The van der Waals surface area contributed by atoms with Gasteiger partial charge in [0, 0.05) is 10.9 Å². The lowest BCUT2D eigenvalue weighted by molar-refractivity contribution is 0.102. The van der Waals surface area contributed by atoms with Gasteiger partial charge in [0.1, 0.15) is 12.4 Å². The molecule has 0 aliphatic rings. The van der Waals surface area contributed by atoms with E-state index < -0.39 is 12.2 Å². The first-order valence-electron chi connectivity index (χ1n) is 6.64. The quantitative estimate of drug-likeness (QED) is 0.868. The van der Waals surface area contributed by atoms with Gasteiger partial charge in [-0.05, 0) is 18.7 Å². The summed E-state index contributed by atoms with van der Waals surface area (Å²) in [6.45, 7) is 3.87. The zero-order valence-electron chi connectivity index (χ0n) is 11.3. The largest absolute Gasteiger partial charge is 0.490 e. The topological polar surface area (TPSA) is 49.7 Å². The lowest BCUT2D eigenvalue weighted by atomic mass is 10.0. The zero-order chi connectivity index (χ0) is 13.8. The lowest BCUT2D eigenvalue weighted by Gasteiger charge is -2.17. The normalized spacial score (nSPS) is 14.3. The van der Waals surface area contributed by atoms with Gasteiger partial charge in [0.2, 0.25) is 0 Å². The molecule has 0 radical (unpaired) electrons. The number of fused-ring (bicyclic) bond motifs is 1. The fraction of sp³-hybridized carbons (Fsp3) is 0.375. The van der Waals surface area contributed by atoms with Crippen molar-refractivity contribution in [3.8, 4) is 5.75 Å². The van der Waals surface area contributed by atoms with Crippen molar-refractivity contribution in [2.24, 2.45) is 0 Å². The third-order valence-electron chi connectivity index (χ3n) is 3.25. The second-order valence-electron chi connectivity index (χ2n) is 4.75. The van der Waals surface area contributed by atoms with E-state index in [9.17, 15) is 10.2 Å². The SMILES string of the molecule is CCC(O)COc1c([C@@H](C)O)ccc2ccccc12. The van der Waals surface area contributed by atoms with E-state index in [1.54, 1.807) is 6.92 Å². The average Bonchev–Trinajstić information content (AvgIpc) is 2.43. The molecule has 1 unspecified atom stereocenters. The van der Waals surface area contributed by atoms with Crippen LogP contribution in [-0.2, 0) is 0 Å². The second-order valence-corrected chi connectivity index (χ2v) is 4.75. The molecule has 0 spiro atoms. The Hall–Kier alpha value is -1.58. The molecule has 3 heteroatoms. The highest BCUT2D eigenvalue weighted by molar-refractivity contribution is 5.89. The number of ether oxygens (including phenoxy) is 1. The summed E-state index contributed by atoms with van der Waals surface area (Å²) >= 11 is 0. The van der Waals surface area contributed by atoms with E-state index in [0.717, 1.165) is 16.3 Å². The molecule has 2 rings (SSSR count). The molecule has 0 aromatic heterocycles. The Morgan fingerprint density at radius 3 is 2.53 bits per heavy atom. The molecule has 0 aliphatic heterocycles. The van der Waals surface area contributed by atoms with Crippen LogP contribution in [0.2, 0.25) is 0 Å².